The third-order valence-electron chi connectivity index (χ3n) is 2.96. The minimum absolute atomic E-state index is 0.155. The first kappa shape index (κ1) is 15.0. The molecule has 0 saturated carbocycles. The maximum Gasteiger partial charge on any atom is 0.261 e. The molecule has 0 spiro atoms. The van der Waals surface area contributed by atoms with Crippen molar-refractivity contribution in [1.29, 1.82) is 0 Å². The summed E-state index contributed by atoms with van der Waals surface area (Å²) in [5.41, 5.74) is 3.54. The van der Waals surface area contributed by atoms with E-state index >= 15 is 0 Å². The van der Waals surface area contributed by atoms with Crippen LogP contribution in [-0.2, 0) is 9.59 Å². The van der Waals surface area contributed by atoms with Crippen LogP contribution in [0.2, 0.25) is 0 Å². The van der Waals surface area contributed by atoms with Crippen LogP contribution < -0.4 is 10.6 Å². The Labute approximate surface area is 113 Å². The molecule has 102 valence electrons. The number of hydrogen-bond acceptors (Lipinski definition) is 3. The summed E-state index contributed by atoms with van der Waals surface area (Å²) in [6, 6.07) is 5.75. The van der Waals surface area contributed by atoms with Crippen LogP contribution in [0.4, 0.5) is 5.69 Å². The third-order valence-corrected chi connectivity index (χ3v) is 2.96. The summed E-state index contributed by atoms with van der Waals surface area (Å²) < 4.78 is 0. The number of carbonyl (C=O) groups excluding carboxylic acids is 2. The first-order valence-electron chi connectivity index (χ1n) is 6.15. The van der Waals surface area contributed by atoms with Crippen molar-refractivity contribution >= 4 is 17.4 Å². The van der Waals surface area contributed by atoms with Crippen LogP contribution >= 0.6 is 0 Å². The quantitative estimate of drug-likeness (QED) is 0.496. The van der Waals surface area contributed by atoms with Gasteiger partial charge < -0.3 is 10.6 Å². The minimum atomic E-state index is -0.383. The van der Waals surface area contributed by atoms with Gasteiger partial charge in [0.05, 0.1) is 0 Å². The molecule has 0 aliphatic heterocycles. The third kappa shape index (κ3) is 3.68. The maximum atomic E-state index is 12.2. The van der Waals surface area contributed by atoms with Gasteiger partial charge in [0.25, 0.3) is 5.91 Å². The monoisotopic (exact) mass is 260 g/mol. The van der Waals surface area contributed by atoms with Crippen LogP contribution in [0.5, 0.6) is 0 Å². The number of Topliss-reactive ketones (excluding diaryl/α,β-unsaturated/α-hetero) is 1. The van der Waals surface area contributed by atoms with Gasteiger partial charge in [-0.1, -0.05) is 17.7 Å². The van der Waals surface area contributed by atoms with Crippen molar-refractivity contribution in [2.24, 2.45) is 0 Å². The lowest BCUT2D eigenvalue weighted by molar-refractivity contribution is -0.119. The van der Waals surface area contributed by atoms with Gasteiger partial charge >= 0.3 is 0 Å². The van der Waals surface area contributed by atoms with E-state index < -0.39 is 0 Å². The molecule has 0 aromatic heterocycles. The summed E-state index contributed by atoms with van der Waals surface area (Å²) in [7, 11) is 1.68. The number of carbonyl (C=O) groups is 2. The number of anilines is 1. The van der Waals surface area contributed by atoms with E-state index in [2.05, 4.69) is 10.6 Å². The van der Waals surface area contributed by atoms with Gasteiger partial charge in [0.1, 0.15) is 5.57 Å². The van der Waals surface area contributed by atoms with Gasteiger partial charge in [0.2, 0.25) is 0 Å². The molecule has 0 fully saturated rings. The highest BCUT2D eigenvalue weighted by Gasteiger charge is 2.18. The molecule has 0 unspecified atom stereocenters. The maximum absolute atomic E-state index is 12.2. The van der Waals surface area contributed by atoms with Crippen molar-refractivity contribution in [3.05, 3.63) is 40.6 Å². The van der Waals surface area contributed by atoms with Crippen molar-refractivity contribution in [3.63, 3.8) is 0 Å². The highest BCUT2D eigenvalue weighted by molar-refractivity contribution is 6.23. The predicted octanol–water partition coefficient (Wildman–Crippen LogP) is 2.32. The Kier molecular flexibility index (Phi) is 4.87. The molecule has 1 aromatic rings. The van der Waals surface area contributed by atoms with Crippen LogP contribution in [0.3, 0.4) is 0 Å². The van der Waals surface area contributed by atoms with E-state index in [0.29, 0.717) is 5.70 Å². The number of ketones is 1. The minimum Gasteiger partial charge on any atom is -0.391 e. The average molecular weight is 260 g/mol. The van der Waals surface area contributed by atoms with E-state index in [0.717, 1.165) is 16.8 Å². The zero-order valence-electron chi connectivity index (χ0n) is 12.0. The molecule has 4 nitrogen and oxygen atoms in total. The summed E-state index contributed by atoms with van der Waals surface area (Å²) in [6.07, 6.45) is 0. The molecule has 1 amide bonds. The Bertz CT molecular complexity index is 545. The van der Waals surface area contributed by atoms with Crippen LogP contribution in [-0.4, -0.2) is 18.7 Å². The summed E-state index contributed by atoms with van der Waals surface area (Å²) in [6.45, 7) is 7.01. The molecule has 0 atom stereocenters. The topological polar surface area (TPSA) is 58.2 Å². The van der Waals surface area contributed by atoms with Gasteiger partial charge in [-0.2, -0.15) is 0 Å². The van der Waals surface area contributed by atoms with Gasteiger partial charge in [-0.25, -0.2) is 0 Å². The Morgan fingerprint density at radius 2 is 1.74 bits per heavy atom. The number of aryl methyl sites for hydroxylation is 2. The van der Waals surface area contributed by atoms with E-state index in [9.17, 15) is 9.59 Å². The SMILES string of the molecule is CNC(C)=C(C(C)=O)C(=O)Nc1ccc(C)cc1C. The molecule has 19 heavy (non-hydrogen) atoms. The van der Waals surface area contributed by atoms with Crippen molar-refractivity contribution in [2.45, 2.75) is 27.7 Å². The number of hydrogen-bond donors (Lipinski definition) is 2. The summed E-state index contributed by atoms with van der Waals surface area (Å²) in [4.78, 5) is 23.7. The van der Waals surface area contributed by atoms with E-state index in [4.69, 9.17) is 0 Å². The summed E-state index contributed by atoms with van der Waals surface area (Å²) in [5.74, 6) is -0.639. The first-order valence-corrected chi connectivity index (χ1v) is 6.15. The number of benzene rings is 1. The van der Waals surface area contributed by atoms with E-state index in [1.54, 1.807) is 14.0 Å². The molecule has 1 aromatic carbocycles. The van der Waals surface area contributed by atoms with Gasteiger partial charge in [0.15, 0.2) is 5.78 Å². The van der Waals surface area contributed by atoms with Crippen LogP contribution in [0.1, 0.15) is 25.0 Å². The van der Waals surface area contributed by atoms with Crippen molar-refractivity contribution in [3.8, 4) is 0 Å². The van der Waals surface area contributed by atoms with Gasteiger partial charge in [0, 0.05) is 18.4 Å². The standard InChI is InChI=1S/C15H20N2O2/c1-9-6-7-13(10(2)8-9)17-15(19)14(12(4)18)11(3)16-5/h6-8,16H,1-5H3,(H,17,19). The molecular weight excluding hydrogens is 240 g/mol. The molecular formula is C15H20N2O2. The van der Waals surface area contributed by atoms with Crippen molar-refractivity contribution in [2.75, 3.05) is 12.4 Å². The Morgan fingerprint density at radius 1 is 1.11 bits per heavy atom. The molecule has 0 radical (unpaired) electrons. The van der Waals surface area contributed by atoms with Crippen molar-refractivity contribution in [1.82, 2.24) is 5.32 Å². The lowest BCUT2D eigenvalue weighted by atomic mass is 10.1. The van der Waals surface area contributed by atoms with Crippen LogP contribution in [0, 0.1) is 13.8 Å². The lowest BCUT2D eigenvalue weighted by Crippen LogP contribution is -2.24. The predicted molar refractivity (Wildman–Crippen MR) is 77.0 cm³/mol. The highest BCUT2D eigenvalue weighted by Crippen LogP contribution is 2.17. The highest BCUT2D eigenvalue weighted by atomic mass is 16.2. The fourth-order valence-corrected chi connectivity index (χ4v) is 1.86. The second-order valence-electron chi connectivity index (χ2n) is 4.58. The summed E-state index contributed by atoms with van der Waals surface area (Å²) >= 11 is 0. The number of rotatable bonds is 4. The molecule has 0 bridgehead atoms. The fraction of sp³-hybridized carbons (Fsp3) is 0.333. The van der Waals surface area contributed by atoms with Gasteiger partial charge in [-0.15, -0.1) is 0 Å². The number of amides is 1. The normalized spacial score (nSPS) is 11.6. The van der Waals surface area contributed by atoms with E-state index in [1.807, 2.05) is 32.0 Å². The molecule has 2 N–H and O–H groups in total. The molecule has 1 rings (SSSR count). The van der Waals surface area contributed by atoms with Crippen molar-refractivity contribution < 1.29 is 9.59 Å². The zero-order chi connectivity index (χ0) is 14.6. The molecule has 0 aliphatic rings. The Balaban J connectivity index is 3.04. The van der Waals surface area contributed by atoms with E-state index in [1.165, 1.54) is 6.92 Å². The Hall–Kier alpha value is -2.10. The zero-order valence-corrected chi connectivity index (χ0v) is 12.0. The smallest absolute Gasteiger partial charge is 0.261 e. The summed E-state index contributed by atoms with van der Waals surface area (Å²) in [5, 5.41) is 5.61. The largest absolute Gasteiger partial charge is 0.391 e. The van der Waals surface area contributed by atoms with E-state index in [-0.39, 0.29) is 17.3 Å². The molecule has 0 saturated heterocycles. The van der Waals surface area contributed by atoms with Gasteiger partial charge in [-0.05, 0) is 39.3 Å². The molecule has 0 aliphatic carbocycles. The average Bonchev–Trinajstić information content (AvgIpc) is 2.32. The Morgan fingerprint density at radius 3 is 2.21 bits per heavy atom. The van der Waals surface area contributed by atoms with Crippen LogP contribution in [0.25, 0.3) is 0 Å². The molecule has 4 heteroatoms. The van der Waals surface area contributed by atoms with Gasteiger partial charge in [-0.3, -0.25) is 9.59 Å². The first-order chi connectivity index (χ1) is 8.86. The molecule has 0 heterocycles. The second-order valence-corrected chi connectivity index (χ2v) is 4.58. The second kappa shape index (κ2) is 6.18. The fourth-order valence-electron chi connectivity index (χ4n) is 1.86. The number of allylic oxidation sites excluding steroid dienone is 1. The lowest BCUT2D eigenvalue weighted by Gasteiger charge is -2.12. The number of nitrogens with one attached hydrogen (secondary N) is 2. The van der Waals surface area contributed by atoms with Crippen LogP contribution in [0.15, 0.2) is 29.5 Å².